The van der Waals surface area contributed by atoms with Crippen LogP contribution in [-0.2, 0) is 12.1 Å². The molecule has 0 bridgehead atoms. The lowest BCUT2D eigenvalue weighted by molar-refractivity contribution is 0.0906. The molecule has 2 rings (SSSR count). The smallest absolute Gasteiger partial charge is 0.129 e. The molecule has 0 aliphatic carbocycles. The van der Waals surface area contributed by atoms with Crippen molar-refractivity contribution in [2.75, 3.05) is 0 Å². The molecule has 0 aliphatic rings. The molecule has 1 aromatic carbocycles. The van der Waals surface area contributed by atoms with E-state index in [2.05, 4.69) is 28.0 Å². The maximum atomic E-state index is 10.8. The second-order valence-corrected chi connectivity index (χ2v) is 5.35. The minimum atomic E-state index is -1.05. The van der Waals surface area contributed by atoms with Crippen molar-refractivity contribution in [2.45, 2.75) is 32.4 Å². The molecule has 1 unspecified atom stereocenters. The van der Waals surface area contributed by atoms with E-state index in [9.17, 15) is 5.11 Å². The third-order valence-electron chi connectivity index (χ3n) is 3.05. The first kappa shape index (κ1) is 13.3. The van der Waals surface area contributed by atoms with Crippen LogP contribution in [0.3, 0.4) is 0 Å². The Kier molecular flexibility index (Phi) is 3.88. The van der Waals surface area contributed by atoms with Gasteiger partial charge in [0.1, 0.15) is 5.60 Å². The zero-order valence-corrected chi connectivity index (χ0v) is 12.2. The second kappa shape index (κ2) is 5.24. The van der Waals surface area contributed by atoms with Crippen LogP contribution in [0.1, 0.15) is 31.5 Å². The Morgan fingerprint density at radius 1 is 1.33 bits per heavy atom. The molecule has 0 fully saturated rings. The van der Waals surface area contributed by atoms with E-state index < -0.39 is 5.60 Å². The Morgan fingerprint density at radius 2 is 2.06 bits per heavy atom. The Bertz CT molecular complexity index is 534. The molecule has 0 radical (unpaired) electrons. The fourth-order valence-electron chi connectivity index (χ4n) is 2.13. The van der Waals surface area contributed by atoms with Crippen molar-refractivity contribution < 1.29 is 5.11 Å². The molecule has 1 N–H and O–H groups in total. The number of rotatable bonds is 4. The summed E-state index contributed by atoms with van der Waals surface area (Å²) < 4.78 is 2.76. The first-order valence-corrected chi connectivity index (χ1v) is 6.86. The normalized spacial score (nSPS) is 14.4. The lowest BCUT2D eigenvalue weighted by Crippen LogP contribution is -2.27. The van der Waals surface area contributed by atoms with Crippen molar-refractivity contribution in [1.82, 2.24) is 9.78 Å². The topological polar surface area (TPSA) is 38.0 Å². The van der Waals surface area contributed by atoms with Crippen molar-refractivity contribution >= 4 is 15.9 Å². The second-order valence-electron chi connectivity index (χ2n) is 4.49. The van der Waals surface area contributed by atoms with Crippen molar-refractivity contribution in [3.05, 3.63) is 52.3 Å². The average molecular weight is 309 g/mol. The lowest BCUT2D eigenvalue weighted by Gasteiger charge is -2.26. The molecule has 96 valence electrons. The van der Waals surface area contributed by atoms with E-state index in [4.69, 9.17) is 0 Å². The predicted molar refractivity (Wildman–Crippen MR) is 75.3 cm³/mol. The standard InChI is InChI=1S/C14H17BrN2O/c1-3-10-17-13(8-9-16-17)14(2,18)11-6-4-5-7-12(11)15/h4-9,18H,3,10H2,1-2H3. The number of aliphatic hydroxyl groups is 1. The number of aromatic nitrogens is 2. The molecule has 1 atom stereocenters. The third kappa shape index (κ3) is 2.35. The summed E-state index contributed by atoms with van der Waals surface area (Å²) in [5.41, 5.74) is 0.616. The molecule has 0 saturated heterocycles. The fraction of sp³-hybridized carbons (Fsp3) is 0.357. The van der Waals surface area contributed by atoms with Gasteiger partial charge >= 0.3 is 0 Å². The van der Waals surface area contributed by atoms with Gasteiger partial charge in [-0.15, -0.1) is 0 Å². The summed E-state index contributed by atoms with van der Waals surface area (Å²) in [7, 11) is 0. The van der Waals surface area contributed by atoms with Crippen LogP contribution in [0, 0.1) is 0 Å². The van der Waals surface area contributed by atoms with Gasteiger partial charge in [0.25, 0.3) is 0 Å². The highest BCUT2D eigenvalue weighted by Crippen LogP contribution is 2.33. The van der Waals surface area contributed by atoms with Gasteiger partial charge < -0.3 is 5.11 Å². The largest absolute Gasteiger partial charge is 0.379 e. The number of hydrogen-bond acceptors (Lipinski definition) is 2. The zero-order chi connectivity index (χ0) is 13.2. The first-order chi connectivity index (χ1) is 8.57. The predicted octanol–water partition coefficient (Wildman–Crippen LogP) is 3.31. The van der Waals surface area contributed by atoms with Crippen molar-refractivity contribution in [1.29, 1.82) is 0 Å². The summed E-state index contributed by atoms with van der Waals surface area (Å²) >= 11 is 3.49. The van der Waals surface area contributed by atoms with Gasteiger partial charge in [-0.3, -0.25) is 4.68 Å². The Labute approximate surface area is 116 Å². The molecule has 2 aromatic rings. The Balaban J connectivity index is 2.47. The van der Waals surface area contributed by atoms with E-state index in [1.807, 2.05) is 35.0 Å². The van der Waals surface area contributed by atoms with E-state index in [0.29, 0.717) is 0 Å². The van der Waals surface area contributed by atoms with Gasteiger partial charge in [-0.1, -0.05) is 41.1 Å². The van der Waals surface area contributed by atoms with E-state index in [1.54, 1.807) is 13.1 Å². The number of nitrogens with zero attached hydrogens (tertiary/aromatic N) is 2. The molecular weight excluding hydrogens is 292 g/mol. The van der Waals surface area contributed by atoms with Gasteiger partial charge in [0.05, 0.1) is 5.69 Å². The highest BCUT2D eigenvalue weighted by molar-refractivity contribution is 9.10. The van der Waals surface area contributed by atoms with E-state index >= 15 is 0 Å². The number of halogens is 1. The van der Waals surface area contributed by atoms with Crippen LogP contribution in [0.2, 0.25) is 0 Å². The molecule has 0 aliphatic heterocycles. The maximum absolute atomic E-state index is 10.8. The van der Waals surface area contributed by atoms with Gasteiger partial charge in [-0.05, 0) is 25.5 Å². The molecule has 18 heavy (non-hydrogen) atoms. The molecule has 1 heterocycles. The molecule has 1 aromatic heterocycles. The maximum Gasteiger partial charge on any atom is 0.129 e. The SMILES string of the molecule is CCCn1nccc1C(C)(O)c1ccccc1Br. The van der Waals surface area contributed by atoms with Crippen molar-refractivity contribution in [2.24, 2.45) is 0 Å². The highest BCUT2D eigenvalue weighted by atomic mass is 79.9. The molecular formula is C14H17BrN2O. The lowest BCUT2D eigenvalue weighted by atomic mass is 9.92. The van der Waals surface area contributed by atoms with E-state index in [1.165, 1.54) is 0 Å². The molecule has 0 saturated carbocycles. The molecule has 0 amide bonds. The van der Waals surface area contributed by atoms with Crippen LogP contribution < -0.4 is 0 Å². The summed E-state index contributed by atoms with van der Waals surface area (Å²) in [5.74, 6) is 0. The number of hydrogen-bond donors (Lipinski definition) is 1. The third-order valence-corrected chi connectivity index (χ3v) is 3.74. The summed E-state index contributed by atoms with van der Waals surface area (Å²) in [6.07, 6.45) is 2.72. The van der Waals surface area contributed by atoms with E-state index in [-0.39, 0.29) is 0 Å². The van der Waals surface area contributed by atoms with Crippen LogP contribution in [0.15, 0.2) is 41.0 Å². The summed E-state index contributed by atoms with van der Waals surface area (Å²) in [5, 5.41) is 15.1. The zero-order valence-electron chi connectivity index (χ0n) is 10.6. The van der Waals surface area contributed by atoms with Crippen LogP contribution in [-0.4, -0.2) is 14.9 Å². The van der Waals surface area contributed by atoms with Crippen molar-refractivity contribution in [3.63, 3.8) is 0 Å². The Hall–Kier alpha value is -1.13. The molecule has 4 heteroatoms. The van der Waals surface area contributed by atoms with Gasteiger partial charge in [-0.25, -0.2) is 0 Å². The summed E-state index contributed by atoms with van der Waals surface area (Å²) in [6, 6.07) is 9.59. The van der Waals surface area contributed by atoms with Gasteiger partial charge in [0, 0.05) is 22.8 Å². The minimum absolute atomic E-state index is 0.808. The van der Waals surface area contributed by atoms with Crippen molar-refractivity contribution in [3.8, 4) is 0 Å². The summed E-state index contributed by atoms with van der Waals surface area (Å²) in [6.45, 7) is 4.71. The Morgan fingerprint density at radius 3 is 2.72 bits per heavy atom. The number of aryl methyl sites for hydroxylation is 1. The van der Waals surface area contributed by atoms with Crippen LogP contribution in [0.25, 0.3) is 0 Å². The quantitative estimate of drug-likeness (QED) is 0.941. The van der Waals surface area contributed by atoms with Crippen LogP contribution in [0.5, 0.6) is 0 Å². The minimum Gasteiger partial charge on any atom is -0.379 e. The van der Waals surface area contributed by atoms with Gasteiger partial charge in [0.15, 0.2) is 0 Å². The monoisotopic (exact) mass is 308 g/mol. The van der Waals surface area contributed by atoms with Gasteiger partial charge in [0.2, 0.25) is 0 Å². The summed E-state index contributed by atoms with van der Waals surface area (Å²) in [4.78, 5) is 0. The van der Waals surface area contributed by atoms with Gasteiger partial charge in [-0.2, -0.15) is 5.10 Å². The molecule has 0 spiro atoms. The van der Waals surface area contributed by atoms with E-state index in [0.717, 1.165) is 28.7 Å². The first-order valence-electron chi connectivity index (χ1n) is 6.07. The number of benzene rings is 1. The highest BCUT2D eigenvalue weighted by Gasteiger charge is 2.30. The average Bonchev–Trinajstić information content (AvgIpc) is 2.79. The van der Waals surface area contributed by atoms with Crippen LogP contribution in [0.4, 0.5) is 0 Å². The van der Waals surface area contributed by atoms with Crippen LogP contribution >= 0.6 is 15.9 Å². The fourth-order valence-corrected chi connectivity index (χ4v) is 2.80. The molecule has 3 nitrogen and oxygen atoms in total.